The van der Waals surface area contributed by atoms with Crippen LogP contribution < -0.4 is 10.6 Å². The van der Waals surface area contributed by atoms with E-state index >= 15 is 0 Å². The van der Waals surface area contributed by atoms with E-state index in [1.54, 1.807) is 19.3 Å². The van der Waals surface area contributed by atoms with Crippen LogP contribution in [-0.4, -0.2) is 65.8 Å². The maximum Gasteiger partial charge on any atom is 0.129 e. The van der Waals surface area contributed by atoms with Crippen LogP contribution in [0.25, 0.3) is 16.6 Å². The second kappa shape index (κ2) is 9.19. The van der Waals surface area contributed by atoms with Crippen molar-refractivity contribution in [3.63, 3.8) is 0 Å². The Morgan fingerprint density at radius 1 is 1.13 bits per heavy atom. The van der Waals surface area contributed by atoms with E-state index in [1.165, 1.54) is 5.69 Å². The number of allylic oxidation sites excluding steroid dienone is 1. The molecule has 0 bridgehead atoms. The van der Waals surface area contributed by atoms with Gasteiger partial charge in [0.1, 0.15) is 5.15 Å². The molecule has 1 aliphatic heterocycles. The third kappa shape index (κ3) is 4.58. The zero-order chi connectivity index (χ0) is 20.9. The van der Waals surface area contributed by atoms with Crippen molar-refractivity contribution < 1.29 is 0 Å². The highest BCUT2D eigenvalue weighted by Crippen LogP contribution is 2.21. The summed E-state index contributed by atoms with van der Waals surface area (Å²) in [5.74, 6) is 0. The van der Waals surface area contributed by atoms with Gasteiger partial charge < -0.3 is 10.6 Å². The number of fused-ring (bicyclic) bond motifs is 1. The normalized spacial score (nSPS) is 16.3. The lowest BCUT2D eigenvalue weighted by Crippen LogP contribution is -2.47. The van der Waals surface area contributed by atoms with Crippen molar-refractivity contribution in [1.82, 2.24) is 19.9 Å². The van der Waals surface area contributed by atoms with Gasteiger partial charge in [-0.2, -0.15) is 0 Å². The summed E-state index contributed by atoms with van der Waals surface area (Å²) in [4.78, 5) is 21.9. The van der Waals surface area contributed by atoms with Crippen LogP contribution in [0.5, 0.6) is 0 Å². The van der Waals surface area contributed by atoms with E-state index in [2.05, 4.69) is 29.7 Å². The van der Waals surface area contributed by atoms with Crippen molar-refractivity contribution in [1.29, 1.82) is 0 Å². The highest BCUT2D eigenvalue weighted by Gasteiger charge is 2.18. The maximum atomic E-state index is 6.54. The van der Waals surface area contributed by atoms with Crippen LogP contribution in [0.3, 0.4) is 0 Å². The zero-order valence-electron chi connectivity index (χ0n) is 16.9. The summed E-state index contributed by atoms with van der Waals surface area (Å²) in [6, 6.07) is 9.65. The number of aromatic nitrogens is 3. The van der Waals surface area contributed by atoms with Gasteiger partial charge >= 0.3 is 0 Å². The highest BCUT2D eigenvalue weighted by atomic mass is 35.5. The first kappa shape index (κ1) is 20.3. The maximum absolute atomic E-state index is 6.54. The summed E-state index contributed by atoms with van der Waals surface area (Å²) in [6.07, 6.45) is 7.26. The summed E-state index contributed by atoms with van der Waals surface area (Å²) in [5, 5.41) is 0.441. The molecule has 3 aromatic heterocycles. The first-order valence-corrected chi connectivity index (χ1v) is 10.2. The fourth-order valence-corrected chi connectivity index (χ4v) is 3.80. The smallest absolute Gasteiger partial charge is 0.129 e. The van der Waals surface area contributed by atoms with Gasteiger partial charge in [0, 0.05) is 87.1 Å². The number of nitrogens with two attached hydrogens (primary N) is 1. The van der Waals surface area contributed by atoms with Crippen molar-refractivity contribution in [3.8, 4) is 0 Å². The van der Waals surface area contributed by atoms with Crippen LogP contribution in [0, 0.1) is 0 Å². The third-order valence-electron chi connectivity index (χ3n) is 5.21. The number of anilines is 1. The van der Waals surface area contributed by atoms with E-state index in [0.717, 1.165) is 54.0 Å². The first-order valence-electron chi connectivity index (χ1n) is 9.85. The number of rotatable bonds is 5. The molecule has 1 saturated heterocycles. The highest BCUT2D eigenvalue weighted by molar-refractivity contribution is 6.29. The molecule has 0 aliphatic carbocycles. The lowest BCUT2D eigenvalue weighted by Gasteiger charge is -2.36. The molecule has 4 heterocycles. The molecule has 0 unspecified atom stereocenters. The van der Waals surface area contributed by atoms with Crippen molar-refractivity contribution in [2.75, 3.05) is 44.7 Å². The number of nitrogens with zero attached hydrogens (tertiary/aromatic N) is 6. The van der Waals surface area contributed by atoms with Gasteiger partial charge in [-0.05, 0) is 30.3 Å². The van der Waals surface area contributed by atoms with Gasteiger partial charge in [0.15, 0.2) is 0 Å². The van der Waals surface area contributed by atoms with E-state index < -0.39 is 0 Å². The first-order chi connectivity index (χ1) is 14.6. The van der Waals surface area contributed by atoms with Crippen molar-refractivity contribution in [2.24, 2.45) is 10.7 Å². The fraction of sp³-hybridized carbons (Fsp3) is 0.273. The monoisotopic (exact) mass is 421 g/mol. The summed E-state index contributed by atoms with van der Waals surface area (Å²) in [5.41, 5.74) is 11.8. The van der Waals surface area contributed by atoms with E-state index in [-0.39, 0.29) is 0 Å². The molecule has 0 saturated carbocycles. The molecule has 0 spiro atoms. The number of halogens is 1. The minimum Gasteiger partial charge on any atom is -0.400 e. The van der Waals surface area contributed by atoms with E-state index in [0.29, 0.717) is 11.7 Å². The summed E-state index contributed by atoms with van der Waals surface area (Å²) < 4.78 is 0. The Labute approximate surface area is 180 Å². The molecule has 0 atom stereocenters. The Bertz CT molecular complexity index is 1070. The topological polar surface area (TPSA) is 83.5 Å². The predicted molar refractivity (Wildman–Crippen MR) is 123 cm³/mol. The Kier molecular flexibility index (Phi) is 6.21. The standard InChI is InChI=1S/C22H24ClN7/c1-25-14-18(16-12-21-20(27-13-16)2-3-22(23)28-21)19(24)15-29-8-10-30(11-9-29)17-4-6-26-7-5-17/h2-7,12-14H,8-11,15,24H2,1H3. The van der Waals surface area contributed by atoms with Crippen molar-refractivity contribution in [3.05, 3.63) is 65.3 Å². The molecule has 154 valence electrons. The zero-order valence-corrected chi connectivity index (χ0v) is 17.6. The number of piperazine rings is 1. The third-order valence-corrected chi connectivity index (χ3v) is 5.42. The molecule has 0 radical (unpaired) electrons. The Balaban J connectivity index is 1.51. The number of pyridine rings is 3. The van der Waals surface area contributed by atoms with Crippen LogP contribution >= 0.6 is 11.6 Å². The molecule has 3 aromatic rings. The van der Waals surface area contributed by atoms with Crippen LogP contribution in [0.2, 0.25) is 5.15 Å². The molecule has 0 amide bonds. The molecule has 4 rings (SSSR count). The van der Waals surface area contributed by atoms with Gasteiger partial charge in [0.05, 0.1) is 11.0 Å². The van der Waals surface area contributed by atoms with Gasteiger partial charge in [0.25, 0.3) is 0 Å². The van der Waals surface area contributed by atoms with Crippen LogP contribution in [-0.2, 0) is 0 Å². The largest absolute Gasteiger partial charge is 0.400 e. The summed E-state index contributed by atoms with van der Waals surface area (Å²) in [7, 11) is 1.74. The average molecular weight is 422 g/mol. The minimum absolute atomic E-state index is 0.441. The minimum atomic E-state index is 0.441. The Morgan fingerprint density at radius 2 is 1.90 bits per heavy atom. The Morgan fingerprint density at radius 3 is 2.63 bits per heavy atom. The lowest BCUT2D eigenvalue weighted by molar-refractivity contribution is 0.278. The van der Waals surface area contributed by atoms with Gasteiger partial charge in [-0.1, -0.05) is 11.6 Å². The molecule has 0 aromatic carbocycles. The predicted octanol–water partition coefficient (Wildman–Crippen LogP) is 2.87. The van der Waals surface area contributed by atoms with Crippen molar-refractivity contribution >= 4 is 40.1 Å². The fourth-order valence-electron chi connectivity index (χ4n) is 3.65. The van der Waals surface area contributed by atoms with E-state index in [1.807, 2.05) is 42.9 Å². The van der Waals surface area contributed by atoms with Gasteiger partial charge in [-0.3, -0.25) is 19.9 Å². The number of hydrogen-bond donors (Lipinski definition) is 1. The molecule has 7 nitrogen and oxygen atoms in total. The molecule has 30 heavy (non-hydrogen) atoms. The number of hydrogen-bond acceptors (Lipinski definition) is 7. The van der Waals surface area contributed by atoms with Crippen LogP contribution in [0.15, 0.2) is 59.6 Å². The summed E-state index contributed by atoms with van der Waals surface area (Å²) >= 11 is 6.04. The molecule has 2 N–H and O–H groups in total. The molecular formula is C22H24ClN7. The quantitative estimate of drug-likeness (QED) is 0.503. The molecule has 1 aliphatic rings. The Hall–Kier alpha value is -3.03. The van der Waals surface area contributed by atoms with Gasteiger partial charge in [-0.25, -0.2) is 4.98 Å². The van der Waals surface area contributed by atoms with Crippen molar-refractivity contribution in [2.45, 2.75) is 0 Å². The van der Waals surface area contributed by atoms with Crippen LogP contribution in [0.4, 0.5) is 5.69 Å². The SMILES string of the molecule is CN=CC(=C(N)CN1CCN(c2ccncc2)CC1)c1cnc2ccc(Cl)nc2c1. The van der Waals surface area contributed by atoms with Crippen LogP contribution in [0.1, 0.15) is 5.56 Å². The number of aliphatic imine (C=N–C) groups is 1. The summed E-state index contributed by atoms with van der Waals surface area (Å²) in [6.45, 7) is 4.45. The average Bonchev–Trinajstić information content (AvgIpc) is 2.78. The van der Waals surface area contributed by atoms with E-state index in [4.69, 9.17) is 17.3 Å². The molecular weight excluding hydrogens is 398 g/mol. The second-order valence-electron chi connectivity index (χ2n) is 7.19. The lowest BCUT2D eigenvalue weighted by atomic mass is 10.1. The molecule has 8 heteroatoms. The van der Waals surface area contributed by atoms with Gasteiger partial charge in [-0.15, -0.1) is 0 Å². The van der Waals surface area contributed by atoms with Gasteiger partial charge in [0.2, 0.25) is 0 Å². The second-order valence-corrected chi connectivity index (χ2v) is 7.58. The molecule has 1 fully saturated rings. The van der Waals surface area contributed by atoms with E-state index in [9.17, 15) is 0 Å².